The van der Waals surface area contributed by atoms with Crippen molar-refractivity contribution >= 4 is 29.1 Å². The summed E-state index contributed by atoms with van der Waals surface area (Å²) < 4.78 is 0. The minimum Gasteiger partial charge on any atom is -0.299 e. The van der Waals surface area contributed by atoms with E-state index in [4.69, 9.17) is 11.6 Å². The molecule has 0 radical (unpaired) electrons. The standard InChI is InChI=1S/C15H19ClOS/c1-3-12(4-2)5-8-14(17)11-18-15-9-6-13(16)7-10-15/h3,6-7,9-10,12H,1,4-5,8,11H2,2H3. The lowest BCUT2D eigenvalue weighted by Gasteiger charge is -2.08. The second kappa shape index (κ2) is 8.39. The van der Waals surface area contributed by atoms with Crippen molar-refractivity contribution in [3.8, 4) is 0 Å². The zero-order valence-electron chi connectivity index (χ0n) is 10.7. The van der Waals surface area contributed by atoms with Gasteiger partial charge in [0.1, 0.15) is 5.78 Å². The Balaban J connectivity index is 2.28. The monoisotopic (exact) mass is 282 g/mol. The van der Waals surface area contributed by atoms with E-state index in [-0.39, 0.29) is 0 Å². The molecule has 1 nitrogen and oxygen atoms in total. The highest BCUT2D eigenvalue weighted by Gasteiger charge is 2.07. The summed E-state index contributed by atoms with van der Waals surface area (Å²) in [5, 5.41) is 0.724. The molecule has 0 aliphatic heterocycles. The number of ketones is 1. The summed E-state index contributed by atoms with van der Waals surface area (Å²) in [6.07, 6.45) is 4.56. The fourth-order valence-electron chi connectivity index (χ4n) is 1.60. The number of hydrogen-bond donors (Lipinski definition) is 0. The first kappa shape index (κ1) is 15.3. The van der Waals surface area contributed by atoms with Gasteiger partial charge in [-0.3, -0.25) is 4.79 Å². The van der Waals surface area contributed by atoms with E-state index < -0.39 is 0 Å². The minimum atomic E-state index is 0.301. The quantitative estimate of drug-likeness (QED) is 0.493. The molecule has 1 unspecified atom stereocenters. The number of allylic oxidation sites excluding steroid dienone is 1. The van der Waals surface area contributed by atoms with Gasteiger partial charge in [-0.15, -0.1) is 18.3 Å². The highest BCUT2D eigenvalue weighted by molar-refractivity contribution is 8.00. The van der Waals surface area contributed by atoms with Crippen molar-refractivity contribution in [2.45, 2.75) is 31.1 Å². The van der Waals surface area contributed by atoms with E-state index >= 15 is 0 Å². The van der Waals surface area contributed by atoms with Gasteiger partial charge in [-0.1, -0.05) is 24.6 Å². The van der Waals surface area contributed by atoms with E-state index in [9.17, 15) is 4.79 Å². The lowest BCUT2D eigenvalue weighted by molar-refractivity contribution is -0.116. The summed E-state index contributed by atoms with van der Waals surface area (Å²) in [6, 6.07) is 7.58. The smallest absolute Gasteiger partial charge is 0.143 e. The van der Waals surface area contributed by atoms with Crippen molar-refractivity contribution in [3.63, 3.8) is 0 Å². The van der Waals surface area contributed by atoms with Crippen molar-refractivity contribution in [1.82, 2.24) is 0 Å². The van der Waals surface area contributed by atoms with Crippen molar-refractivity contribution in [2.24, 2.45) is 5.92 Å². The SMILES string of the molecule is C=CC(CC)CCC(=O)CSc1ccc(Cl)cc1. The van der Waals surface area contributed by atoms with Crippen LogP contribution in [0.2, 0.25) is 5.02 Å². The molecule has 0 aliphatic rings. The Morgan fingerprint density at radius 3 is 2.67 bits per heavy atom. The predicted octanol–water partition coefficient (Wildman–Crippen LogP) is 4.99. The van der Waals surface area contributed by atoms with Crippen LogP contribution in [0, 0.1) is 5.92 Å². The fraction of sp³-hybridized carbons (Fsp3) is 0.400. The lowest BCUT2D eigenvalue weighted by atomic mass is 9.99. The van der Waals surface area contributed by atoms with Gasteiger partial charge in [0.05, 0.1) is 5.75 Å². The van der Waals surface area contributed by atoms with Crippen molar-refractivity contribution in [2.75, 3.05) is 5.75 Å². The van der Waals surface area contributed by atoms with Crippen LogP contribution in [-0.4, -0.2) is 11.5 Å². The fourth-order valence-corrected chi connectivity index (χ4v) is 2.53. The highest BCUT2D eigenvalue weighted by Crippen LogP contribution is 2.21. The maximum Gasteiger partial charge on any atom is 0.143 e. The van der Waals surface area contributed by atoms with Gasteiger partial charge in [-0.2, -0.15) is 0 Å². The zero-order chi connectivity index (χ0) is 13.4. The lowest BCUT2D eigenvalue weighted by Crippen LogP contribution is -2.04. The molecule has 0 aromatic heterocycles. The molecule has 98 valence electrons. The Labute approximate surface area is 119 Å². The molecular formula is C15H19ClOS. The van der Waals surface area contributed by atoms with Crippen molar-refractivity contribution in [1.29, 1.82) is 0 Å². The first-order valence-corrected chi connectivity index (χ1v) is 7.54. The molecule has 0 amide bonds. The number of rotatable bonds is 8. The maximum atomic E-state index is 11.7. The number of hydrogen-bond acceptors (Lipinski definition) is 2. The number of thioether (sulfide) groups is 1. The molecular weight excluding hydrogens is 264 g/mol. The van der Waals surface area contributed by atoms with Crippen LogP contribution in [0.4, 0.5) is 0 Å². The van der Waals surface area contributed by atoms with Crippen molar-refractivity contribution < 1.29 is 4.79 Å². The van der Waals surface area contributed by atoms with E-state index in [1.54, 1.807) is 11.8 Å². The normalized spacial score (nSPS) is 12.1. The number of Topliss-reactive ketones (excluding diaryl/α,β-unsaturated/α-hetero) is 1. The predicted molar refractivity (Wildman–Crippen MR) is 80.4 cm³/mol. The molecule has 0 aliphatic carbocycles. The Morgan fingerprint density at radius 2 is 2.11 bits per heavy atom. The number of benzene rings is 1. The average molecular weight is 283 g/mol. The number of carbonyl (C=O) groups excluding carboxylic acids is 1. The minimum absolute atomic E-state index is 0.301. The Morgan fingerprint density at radius 1 is 1.44 bits per heavy atom. The van der Waals surface area contributed by atoms with Gasteiger partial charge < -0.3 is 0 Å². The second-order valence-corrected chi connectivity index (χ2v) is 5.71. The zero-order valence-corrected chi connectivity index (χ0v) is 12.3. The van der Waals surface area contributed by atoms with Crippen LogP contribution in [0.5, 0.6) is 0 Å². The number of halogens is 1. The highest BCUT2D eigenvalue weighted by atomic mass is 35.5. The van der Waals surface area contributed by atoms with E-state index in [1.165, 1.54) is 0 Å². The van der Waals surface area contributed by atoms with E-state index in [2.05, 4.69) is 13.5 Å². The van der Waals surface area contributed by atoms with Crippen LogP contribution < -0.4 is 0 Å². The third kappa shape index (κ3) is 5.74. The van der Waals surface area contributed by atoms with Crippen LogP contribution in [0.25, 0.3) is 0 Å². The van der Waals surface area contributed by atoms with E-state index in [0.29, 0.717) is 23.9 Å². The van der Waals surface area contributed by atoms with Gasteiger partial charge in [0, 0.05) is 16.3 Å². The number of carbonyl (C=O) groups is 1. The molecule has 1 rings (SSSR count). The third-order valence-corrected chi connectivity index (χ3v) is 4.19. The van der Waals surface area contributed by atoms with Gasteiger partial charge in [0.15, 0.2) is 0 Å². The van der Waals surface area contributed by atoms with Crippen LogP contribution in [-0.2, 0) is 4.79 Å². The maximum absolute atomic E-state index is 11.7. The summed E-state index contributed by atoms with van der Waals surface area (Å²) in [7, 11) is 0. The molecule has 0 saturated carbocycles. The van der Waals surface area contributed by atoms with Gasteiger partial charge in [-0.05, 0) is 43.0 Å². The first-order valence-electron chi connectivity index (χ1n) is 6.18. The molecule has 18 heavy (non-hydrogen) atoms. The molecule has 0 N–H and O–H groups in total. The first-order chi connectivity index (χ1) is 8.65. The van der Waals surface area contributed by atoms with Gasteiger partial charge in [0.25, 0.3) is 0 Å². The molecule has 0 saturated heterocycles. The molecule has 0 bridgehead atoms. The molecule has 3 heteroatoms. The van der Waals surface area contributed by atoms with Gasteiger partial charge >= 0.3 is 0 Å². The summed E-state index contributed by atoms with van der Waals surface area (Å²) in [5.41, 5.74) is 0. The van der Waals surface area contributed by atoms with E-state index in [1.807, 2.05) is 30.3 Å². The molecule has 1 atom stereocenters. The molecule has 1 aromatic rings. The molecule has 0 fully saturated rings. The van der Waals surface area contributed by atoms with Crippen LogP contribution in [0.15, 0.2) is 41.8 Å². The third-order valence-electron chi connectivity index (χ3n) is 2.87. The molecule has 1 aromatic carbocycles. The Kier molecular flexibility index (Phi) is 7.14. The molecule has 0 heterocycles. The van der Waals surface area contributed by atoms with Crippen LogP contribution in [0.3, 0.4) is 0 Å². The summed E-state index contributed by atoms with van der Waals surface area (Å²) in [6.45, 7) is 5.91. The summed E-state index contributed by atoms with van der Waals surface area (Å²) in [4.78, 5) is 12.8. The van der Waals surface area contributed by atoms with E-state index in [0.717, 1.165) is 22.8 Å². The summed E-state index contributed by atoms with van der Waals surface area (Å²) in [5.74, 6) is 1.31. The molecule has 0 spiro atoms. The average Bonchev–Trinajstić information content (AvgIpc) is 2.39. The Hall–Kier alpha value is -0.730. The van der Waals surface area contributed by atoms with Gasteiger partial charge in [-0.25, -0.2) is 0 Å². The van der Waals surface area contributed by atoms with Crippen LogP contribution >= 0.6 is 23.4 Å². The van der Waals surface area contributed by atoms with Crippen LogP contribution in [0.1, 0.15) is 26.2 Å². The largest absolute Gasteiger partial charge is 0.299 e. The second-order valence-electron chi connectivity index (χ2n) is 4.22. The topological polar surface area (TPSA) is 17.1 Å². The van der Waals surface area contributed by atoms with Gasteiger partial charge in [0.2, 0.25) is 0 Å². The Bertz CT molecular complexity index is 386. The van der Waals surface area contributed by atoms with Crippen molar-refractivity contribution in [3.05, 3.63) is 41.9 Å². The summed E-state index contributed by atoms with van der Waals surface area (Å²) >= 11 is 7.38.